The molecule has 1 N–H and O–H groups in total. The van der Waals surface area contributed by atoms with E-state index in [0.29, 0.717) is 5.75 Å². The Morgan fingerprint density at radius 2 is 1.32 bits per heavy atom. The zero-order valence-electron chi connectivity index (χ0n) is 15.7. The van der Waals surface area contributed by atoms with Crippen molar-refractivity contribution in [2.24, 2.45) is 0 Å². The van der Waals surface area contributed by atoms with Crippen LogP contribution in [0.3, 0.4) is 0 Å². The van der Waals surface area contributed by atoms with Gasteiger partial charge in [-0.2, -0.15) is 12.6 Å². The minimum Gasteiger partial charge on any atom is -0.507 e. The van der Waals surface area contributed by atoms with Gasteiger partial charge in [0, 0.05) is 0 Å². The number of rotatable bonds is 3. The van der Waals surface area contributed by atoms with Crippen LogP contribution in [0.2, 0.25) is 0 Å². The SMILES string of the molecule is CCC(S)(c1cc(C(C)(C)C)c(O)c(C(C)(C)C)c1)N(C)C. The zero-order valence-corrected chi connectivity index (χ0v) is 16.6. The molecular formula is C19H33NOS. The molecule has 0 aromatic heterocycles. The molecule has 1 rings (SSSR count). The number of benzene rings is 1. The Bertz CT molecular complexity index is 502. The van der Waals surface area contributed by atoms with Crippen molar-refractivity contribution in [2.75, 3.05) is 14.1 Å². The first kappa shape index (κ1) is 19.4. The summed E-state index contributed by atoms with van der Waals surface area (Å²) < 4.78 is 0. The Balaban J connectivity index is 3.76. The van der Waals surface area contributed by atoms with Crippen LogP contribution in [0.15, 0.2) is 12.1 Å². The van der Waals surface area contributed by atoms with Gasteiger partial charge in [0.15, 0.2) is 0 Å². The van der Waals surface area contributed by atoms with Gasteiger partial charge in [-0.15, -0.1) is 0 Å². The Morgan fingerprint density at radius 3 is 1.55 bits per heavy atom. The van der Waals surface area contributed by atoms with Gasteiger partial charge in [0.2, 0.25) is 0 Å². The number of phenols is 1. The van der Waals surface area contributed by atoms with E-state index in [1.54, 1.807) is 0 Å². The van der Waals surface area contributed by atoms with E-state index in [4.69, 9.17) is 12.6 Å². The quantitative estimate of drug-likeness (QED) is 0.601. The summed E-state index contributed by atoms with van der Waals surface area (Å²) in [5.41, 5.74) is 2.90. The van der Waals surface area contributed by atoms with Gasteiger partial charge in [0.25, 0.3) is 0 Å². The van der Waals surface area contributed by atoms with Crippen LogP contribution < -0.4 is 0 Å². The fraction of sp³-hybridized carbons (Fsp3) is 0.684. The molecule has 0 aliphatic carbocycles. The summed E-state index contributed by atoms with van der Waals surface area (Å²) in [6.07, 6.45) is 0.890. The summed E-state index contributed by atoms with van der Waals surface area (Å²) in [5, 5.41) is 10.8. The zero-order chi connectivity index (χ0) is 17.5. The first-order valence-electron chi connectivity index (χ1n) is 8.03. The lowest BCUT2D eigenvalue weighted by atomic mass is 9.77. The molecule has 0 aliphatic heterocycles. The van der Waals surface area contributed by atoms with Crippen molar-refractivity contribution in [3.63, 3.8) is 0 Å². The number of hydrogen-bond donors (Lipinski definition) is 2. The molecule has 1 atom stereocenters. The highest BCUT2D eigenvalue weighted by molar-refractivity contribution is 7.81. The predicted molar refractivity (Wildman–Crippen MR) is 100 cm³/mol. The minimum atomic E-state index is -0.340. The maximum absolute atomic E-state index is 10.8. The third-order valence-corrected chi connectivity index (χ3v) is 5.40. The molecule has 0 fully saturated rings. The molecule has 0 bridgehead atoms. The molecule has 22 heavy (non-hydrogen) atoms. The Morgan fingerprint density at radius 1 is 0.955 bits per heavy atom. The maximum atomic E-state index is 10.8. The second kappa shape index (κ2) is 6.09. The maximum Gasteiger partial charge on any atom is 0.123 e. The van der Waals surface area contributed by atoms with Crippen molar-refractivity contribution >= 4 is 12.6 Å². The standard InChI is InChI=1S/C19H33NOS/c1-10-19(22,20(8)9)13-11-14(17(2,3)4)16(21)15(12-13)18(5,6)7/h11-12,21-22H,10H2,1-9H3. The Hall–Kier alpha value is -0.670. The molecule has 1 aromatic rings. The molecule has 0 radical (unpaired) electrons. The monoisotopic (exact) mass is 323 g/mol. The van der Waals surface area contributed by atoms with Gasteiger partial charge in [-0.05, 0) is 60.2 Å². The van der Waals surface area contributed by atoms with E-state index in [-0.39, 0.29) is 15.7 Å². The van der Waals surface area contributed by atoms with Crippen molar-refractivity contribution in [1.29, 1.82) is 0 Å². The summed E-state index contributed by atoms with van der Waals surface area (Å²) in [6, 6.07) is 4.25. The Labute approximate surface area is 142 Å². The summed E-state index contributed by atoms with van der Waals surface area (Å²) in [6.45, 7) is 15.0. The highest BCUT2D eigenvalue weighted by Crippen LogP contribution is 2.44. The van der Waals surface area contributed by atoms with E-state index >= 15 is 0 Å². The van der Waals surface area contributed by atoms with E-state index in [9.17, 15) is 5.11 Å². The van der Waals surface area contributed by atoms with E-state index in [2.05, 4.69) is 79.6 Å². The van der Waals surface area contributed by atoms with Crippen molar-refractivity contribution in [1.82, 2.24) is 4.90 Å². The molecule has 0 spiro atoms. The number of phenolic OH excluding ortho intramolecular Hbond substituents is 1. The van der Waals surface area contributed by atoms with Gasteiger partial charge in [-0.25, -0.2) is 0 Å². The molecule has 0 aliphatic rings. The van der Waals surface area contributed by atoms with Crippen LogP contribution in [0, 0.1) is 0 Å². The second-order valence-electron chi connectivity index (χ2n) is 8.48. The van der Waals surface area contributed by atoms with Gasteiger partial charge in [-0.1, -0.05) is 48.5 Å². The number of thiol groups is 1. The van der Waals surface area contributed by atoms with Crippen LogP contribution in [-0.2, 0) is 15.7 Å². The molecule has 2 nitrogen and oxygen atoms in total. The van der Waals surface area contributed by atoms with Crippen LogP contribution in [0.25, 0.3) is 0 Å². The Kier molecular flexibility index (Phi) is 5.36. The van der Waals surface area contributed by atoms with Crippen LogP contribution in [-0.4, -0.2) is 24.1 Å². The summed E-state index contributed by atoms with van der Waals surface area (Å²) in [4.78, 5) is 1.80. The molecule has 0 saturated heterocycles. The summed E-state index contributed by atoms with van der Waals surface area (Å²) in [7, 11) is 4.10. The molecule has 0 amide bonds. The smallest absolute Gasteiger partial charge is 0.123 e. The highest BCUT2D eigenvalue weighted by Gasteiger charge is 2.33. The topological polar surface area (TPSA) is 23.5 Å². The molecule has 0 heterocycles. The van der Waals surface area contributed by atoms with E-state index < -0.39 is 0 Å². The predicted octanol–water partition coefficient (Wildman–Crippen LogP) is 5.04. The third kappa shape index (κ3) is 3.62. The summed E-state index contributed by atoms with van der Waals surface area (Å²) >= 11 is 4.97. The normalized spacial score (nSPS) is 16.0. The molecule has 0 saturated carbocycles. The van der Waals surface area contributed by atoms with Crippen LogP contribution >= 0.6 is 12.6 Å². The lowest BCUT2D eigenvalue weighted by molar-refractivity contribution is 0.253. The van der Waals surface area contributed by atoms with Gasteiger partial charge in [0.05, 0.1) is 4.87 Å². The lowest BCUT2D eigenvalue weighted by Gasteiger charge is -2.38. The van der Waals surface area contributed by atoms with E-state index in [0.717, 1.165) is 23.1 Å². The molecule has 126 valence electrons. The van der Waals surface area contributed by atoms with Gasteiger partial charge in [0.1, 0.15) is 5.75 Å². The van der Waals surface area contributed by atoms with Gasteiger partial charge in [-0.3, -0.25) is 4.90 Å². The number of hydrogen-bond acceptors (Lipinski definition) is 3. The summed E-state index contributed by atoms with van der Waals surface area (Å²) in [5.74, 6) is 0.425. The average molecular weight is 324 g/mol. The minimum absolute atomic E-state index is 0.116. The second-order valence-corrected chi connectivity index (χ2v) is 9.22. The number of aromatic hydroxyl groups is 1. The van der Waals surface area contributed by atoms with Gasteiger partial charge < -0.3 is 5.11 Å². The van der Waals surface area contributed by atoms with Crippen molar-refractivity contribution in [2.45, 2.75) is 70.6 Å². The molecule has 3 heteroatoms. The van der Waals surface area contributed by atoms with Crippen LogP contribution in [0.4, 0.5) is 0 Å². The van der Waals surface area contributed by atoms with Crippen LogP contribution in [0.1, 0.15) is 71.6 Å². The first-order valence-corrected chi connectivity index (χ1v) is 8.48. The largest absolute Gasteiger partial charge is 0.507 e. The molecular weight excluding hydrogens is 290 g/mol. The van der Waals surface area contributed by atoms with Gasteiger partial charge >= 0.3 is 0 Å². The van der Waals surface area contributed by atoms with Crippen molar-refractivity contribution in [3.8, 4) is 5.75 Å². The fourth-order valence-corrected chi connectivity index (χ4v) is 2.92. The van der Waals surface area contributed by atoms with Crippen molar-refractivity contribution < 1.29 is 5.11 Å². The van der Waals surface area contributed by atoms with E-state index in [1.807, 2.05) is 0 Å². The third-order valence-electron chi connectivity index (χ3n) is 4.42. The average Bonchev–Trinajstić information content (AvgIpc) is 2.34. The van der Waals surface area contributed by atoms with Crippen molar-refractivity contribution in [3.05, 3.63) is 28.8 Å². The molecule has 1 unspecified atom stereocenters. The van der Waals surface area contributed by atoms with Crippen LogP contribution in [0.5, 0.6) is 5.75 Å². The number of nitrogens with zero attached hydrogens (tertiary/aromatic N) is 1. The highest BCUT2D eigenvalue weighted by atomic mass is 32.1. The first-order chi connectivity index (χ1) is 9.75. The molecule has 1 aromatic carbocycles. The fourth-order valence-electron chi connectivity index (χ4n) is 2.79. The van der Waals surface area contributed by atoms with E-state index in [1.165, 1.54) is 0 Å². The lowest BCUT2D eigenvalue weighted by Crippen LogP contribution is -2.36.